The van der Waals surface area contributed by atoms with E-state index in [2.05, 4.69) is 5.32 Å². The Bertz CT molecular complexity index is 755. The molecule has 1 atom stereocenters. The second kappa shape index (κ2) is 6.87. The fourth-order valence-corrected chi connectivity index (χ4v) is 3.11. The molecule has 1 fully saturated rings. The molecular weight excluding hydrogens is 300 g/mol. The third kappa shape index (κ3) is 3.65. The summed E-state index contributed by atoms with van der Waals surface area (Å²) in [6, 6.07) is 16.0. The van der Waals surface area contributed by atoms with Crippen molar-refractivity contribution in [1.82, 2.24) is 4.90 Å². The molecule has 2 aromatic carbocycles. The number of nitrogens with one attached hydrogen (secondary N) is 1. The van der Waals surface area contributed by atoms with Crippen molar-refractivity contribution < 1.29 is 9.59 Å². The lowest BCUT2D eigenvalue weighted by Crippen LogP contribution is -2.34. The van der Waals surface area contributed by atoms with Crippen LogP contribution in [-0.2, 0) is 9.59 Å². The molecule has 0 radical (unpaired) electrons. The van der Waals surface area contributed by atoms with Gasteiger partial charge in [0.15, 0.2) is 0 Å². The van der Waals surface area contributed by atoms with Crippen molar-refractivity contribution in [2.45, 2.75) is 26.2 Å². The van der Waals surface area contributed by atoms with Gasteiger partial charge in [-0.15, -0.1) is 0 Å². The Labute approximate surface area is 142 Å². The van der Waals surface area contributed by atoms with Gasteiger partial charge >= 0.3 is 0 Å². The molecule has 0 bridgehead atoms. The third-order valence-corrected chi connectivity index (χ3v) is 4.49. The van der Waals surface area contributed by atoms with Crippen molar-refractivity contribution in [1.29, 1.82) is 0 Å². The van der Waals surface area contributed by atoms with Crippen molar-refractivity contribution in [3.63, 3.8) is 0 Å². The molecule has 1 N–H and O–H groups in total. The molecule has 4 nitrogen and oxygen atoms in total. The van der Waals surface area contributed by atoms with E-state index in [1.165, 1.54) is 0 Å². The molecule has 0 saturated carbocycles. The lowest BCUT2D eigenvalue weighted by atomic mass is 9.99. The van der Waals surface area contributed by atoms with Crippen molar-refractivity contribution in [3.05, 3.63) is 65.2 Å². The number of benzene rings is 2. The summed E-state index contributed by atoms with van der Waals surface area (Å²) in [6.07, 6.45) is 0.473. The maximum atomic E-state index is 12.3. The molecule has 1 saturated heterocycles. The zero-order chi connectivity index (χ0) is 17.1. The summed E-state index contributed by atoms with van der Waals surface area (Å²) in [6.45, 7) is 4.66. The molecule has 1 aliphatic heterocycles. The monoisotopic (exact) mass is 322 g/mol. The second-order valence-corrected chi connectivity index (χ2v) is 6.45. The first-order valence-corrected chi connectivity index (χ1v) is 8.23. The Balaban J connectivity index is 1.62. The van der Waals surface area contributed by atoms with Gasteiger partial charge in [0.05, 0.1) is 6.54 Å². The highest BCUT2D eigenvalue weighted by atomic mass is 16.2. The Morgan fingerprint density at radius 1 is 1.17 bits per heavy atom. The number of carbonyl (C=O) groups excluding carboxylic acids is 2. The van der Waals surface area contributed by atoms with Crippen LogP contribution >= 0.6 is 0 Å². The molecule has 2 amide bonds. The Morgan fingerprint density at radius 2 is 1.92 bits per heavy atom. The fraction of sp³-hybridized carbons (Fsp3) is 0.300. The van der Waals surface area contributed by atoms with Gasteiger partial charge in [-0.05, 0) is 36.6 Å². The number of likely N-dealkylation sites (tertiary alicyclic amines) is 1. The highest BCUT2D eigenvalue weighted by molar-refractivity contribution is 5.95. The number of nitrogens with zero attached hydrogens (tertiary/aromatic N) is 1. The molecule has 0 spiro atoms. The quantitative estimate of drug-likeness (QED) is 0.939. The van der Waals surface area contributed by atoms with Gasteiger partial charge < -0.3 is 10.2 Å². The van der Waals surface area contributed by atoms with Crippen LogP contribution in [0.4, 0.5) is 5.69 Å². The van der Waals surface area contributed by atoms with Crippen molar-refractivity contribution in [2.75, 3.05) is 18.4 Å². The zero-order valence-corrected chi connectivity index (χ0v) is 14.1. The summed E-state index contributed by atoms with van der Waals surface area (Å²) in [5.74, 6) is 0.0675. The Morgan fingerprint density at radius 3 is 2.67 bits per heavy atom. The molecule has 0 aromatic heterocycles. The van der Waals surface area contributed by atoms with Crippen LogP contribution in [0.5, 0.6) is 0 Å². The standard InChI is InChI=1S/C20H22N2O2/c1-14-8-9-15(2)18(10-14)21-19(23)13-22-12-17(11-20(22)24)16-6-4-3-5-7-16/h3-10,17H,11-13H2,1-2H3,(H,21,23)/t17-/m1/s1. The number of carbonyl (C=O) groups is 2. The lowest BCUT2D eigenvalue weighted by molar-refractivity contribution is -0.131. The molecule has 1 aliphatic rings. The van der Waals surface area contributed by atoms with Crippen molar-refractivity contribution in [2.24, 2.45) is 0 Å². The van der Waals surface area contributed by atoms with Gasteiger partial charge in [-0.25, -0.2) is 0 Å². The van der Waals surface area contributed by atoms with Gasteiger partial charge in [0, 0.05) is 24.6 Å². The molecule has 4 heteroatoms. The number of hydrogen-bond donors (Lipinski definition) is 1. The summed E-state index contributed by atoms with van der Waals surface area (Å²) < 4.78 is 0. The van der Waals surface area contributed by atoms with E-state index in [9.17, 15) is 9.59 Å². The maximum Gasteiger partial charge on any atom is 0.244 e. The van der Waals surface area contributed by atoms with E-state index in [4.69, 9.17) is 0 Å². The molecule has 124 valence electrons. The first-order valence-electron chi connectivity index (χ1n) is 8.23. The SMILES string of the molecule is Cc1ccc(C)c(NC(=O)CN2C[C@H](c3ccccc3)CC2=O)c1. The van der Waals surface area contributed by atoms with Crippen LogP contribution in [0.3, 0.4) is 0 Å². The molecule has 3 rings (SSSR count). The van der Waals surface area contributed by atoms with E-state index < -0.39 is 0 Å². The van der Waals surface area contributed by atoms with Crippen molar-refractivity contribution in [3.8, 4) is 0 Å². The summed E-state index contributed by atoms with van der Waals surface area (Å²) in [7, 11) is 0. The molecule has 24 heavy (non-hydrogen) atoms. The average molecular weight is 322 g/mol. The smallest absolute Gasteiger partial charge is 0.244 e. The Kier molecular flexibility index (Phi) is 4.65. The van der Waals surface area contributed by atoms with Gasteiger partial charge in [0.25, 0.3) is 0 Å². The maximum absolute atomic E-state index is 12.3. The van der Waals surface area contributed by atoms with Crippen LogP contribution in [0, 0.1) is 13.8 Å². The first kappa shape index (κ1) is 16.2. The summed E-state index contributed by atoms with van der Waals surface area (Å²) in [5.41, 5.74) is 4.08. The van der Waals surface area contributed by atoms with Crippen LogP contribution in [0.1, 0.15) is 29.0 Å². The highest BCUT2D eigenvalue weighted by Crippen LogP contribution is 2.27. The highest BCUT2D eigenvalue weighted by Gasteiger charge is 2.31. The topological polar surface area (TPSA) is 49.4 Å². The number of aryl methyl sites for hydroxylation is 2. The van der Waals surface area contributed by atoms with Gasteiger partial charge in [-0.3, -0.25) is 9.59 Å². The van der Waals surface area contributed by atoms with E-state index in [1.807, 2.05) is 62.4 Å². The summed E-state index contributed by atoms with van der Waals surface area (Å²) >= 11 is 0. The predicted octanol–water partition coefficient (Wildman–Crippen LogP) is 3.26. The summed E-state index contributed by atoms with van der Waals surface area (Å²) in [4.78, 5) is 26.2. The Hall–Kier alpha value is -2.62. The number of amides is 2. The van der Waals surface area contributed by atoms with Crippen molar-refractivity contribution >= 4 is 17.5 Å². The zero-order valence-electron chi connectivity index (χ0n) is 14.1. The van der Waals surface area contributed by atoms with E-state index in [0.29, 0.717) is 13.0 Å². The van der Waals surface area contributed by atoms with Gasteiger partial charge in [0.2, 0.25) is 11.8 Å². The van der Waals surface area contributed by atoms with Crippen LogP contribution < -0.4 is 5.32 Å². The lowest BCUT2D eigenvalue weighted by Gasteiger charge is -2.17. The van der Waals surface area contributed by atoms with Gasteiger partial charge in [-0.2, -0.15) is 0 Å². The van der Waals surface area contributed by atoms with E-state index in [0.717, 1.165) is 22.4 Å². The normalized spacial score (nSPS) is 17.2. The molecule has 0 aliphatic carbocycles. The molecular formula is C20H22N2O2. The minimum absolute atomic E-state index is 0.0416. The number of hydrogen-bond acceptors (Lipinski definition) is 2. The van der Waals surface area contributed by atoms with Gasteiger partial charge in [-0.1, -0.05) is 42.5 Å². The summed E-state index contributed by atoms with van der Waals surface area (Å²) in [5, 5.41) is 2.92. The van der Waals surface area contributed by atoms with Gasteiger partial charge in [0.1, 0.15) is 0 Å². The largest absolute Gasteiger partial charge is 0.333 e. The fourth-order valence-electron chi connectivity index (χ4n) is 3.11. The number of rotatable bonds is 4. The van der Waals surface area contributed by atoms with E-state index >= 15 is 0 Å². The van der Waals surface area contributed by atoms with Crippen LogP contribution in [-0.4, -0.2) is 29.8 Å². The van der Waals surface area contributed by atoms with Crippen LogP contribution in [0.15, 0.2) is 48.5 Å². The minimum Gasteiger partial charge on any atom is -0.333 e. The van der Waals surface area contributed by atoms with Crippen LogP contribution in [0.2, 0.25) is 0 Å². The van der Waals surface area contributed by atoms with E-state index in [1.54, 1.807) is 4.90 Å². The second-order valence-electron chi connectivity index (χ2n) is 6.45. The average Bonchev–Trinajstić information content (AvgIpc) is 2.92. The molecule has 0 unspecified atom stereocenters. The molecule has 2 aromatic rings. The third-order valence-electron chi connectivity index (χ3n) is 4.49. The van der Waals surface area contributed by atoms with E-state index in [-0.39, 0.29) is 24.3 Å². The first-order chi connectivity index (χ1) is 11.5. The predicted molar refractivity (Wildman–Crippen MR) is 94.9 cm³/mol. The molecule has 1 heterocycles. The minimum atomic E-state index is -0.147. The van der Waals surface area contributed by atoms with Crippen LogP contribution in [0.25, 0.3) is 0 Å². The number of anilines is 1.